The van der Waals surface area contributed by atoms with Gasteiger partial charge < -0.3 is 14.2 Å². The van der Waals surface area contributed by atoms with Crippen LogP contribution in [0.5, 0.6) is 11.5 Å². The van der Waals surface area contributed by atoms with E-state index in [1.54, 1.807) is 63.2 Å². The Bertz CT molecular complexity index is 1930. The average molecular weight is 672 g/mol. The number of carbonyl (C=O) groups excluding carboxylic acids is 1. The van der Waals surface area contributed by atoms with Crippen LogP contribution in [0.15, 0.2) is 81.7 Å². The summed E-state index contributed by atoms with van der Waals surface area (Å²) in [6, 6.07) is 16.9. The number of thiazole rings is 1. The molecule has 0 aliphatic carbocycles. The summed E-state index contributed by atoms with van der Waals surface area (Å²) in [7, 11) is 0. The highest BCUT2D eigenvalue weighted by atomic mass is 35.5. The second kappa shape index (κ2) is 13.6. The highest BCUT2D eigenvalue weighted by Gasteiger charge is 2.33. The molecule has 0 saturated carbocycles. The van der Waals surface area contributed by atoms with Crippen LogP contribution in [0.25, 0.3) is 6.08 Å². The lowest BCUT2D eigenvalue weighted by Crippen LogP contribution is -2.40. The lowest BCUT2D eigenvalue weighted by Gasteiger charge is -2.25. The molecule has 2 heterocycles. The van der Waals surface area contributed by atoms with E-state index in [9.17, 15) is 9.59 Å². The first-order valence-electron chi connectivity index (χ1n) is 13.9. The fourth-order valence-corrected chi connectivity index (χ4v) is 6.47. The molecule has 11 heteroatoms. The number of rotatable bonds is 9. The number of ether oxygens (including phenoxy) is 3. The van der Waals surface area contributed by atoms with Gasteiger partial charge in [-0.3, -0.25) is 9.36 Å². The highest BCUT2D eigenvalue weighted by Crippen LogP contribution is 2.32. The Morgan fingerprint density at radius 2 is 1.73 bits per heavy atom. The molecule has 3 aromatic carbocycles. The molecule has 7 nitrogen and oxygen atoms in total. The predicted molar refractivity (Wildman–Crippen MR) is 175 cm³/mol. The van der Waals surface area contributed by atoms with Gasteiger partial charge in [0.1, 0.15) is 18.1 Å². The van der Waals surface area contributed by atoms with E-state index >= 15 is 0 Å². The van der Waals surface area contributed by atoms with Crippen molar-refractivity contribution in [1.82, 2.24) is 4.57 Å². The van der Waals surface area contributed by atoms with Gasteiger partial charge in [0.25, 0.3) is 5.56 Å². The van der Waals surface area contributed by atoms with Crippen molar-refractivity contribution < 1.29 is 19.0 Å². The topological polar surface area (TPSA) is 79.1 Å². The zero-order valence-corrected chi connectivity index (χ0v) is 27.5. The van der Waals surface area contributed by atoms with Crippen molar-refractivity contribution in [2.24, 2.45) is 4.99 Å². The Morgan fingerprint density at radius 1 is 1.02 bits per heavy atom. The molecule has 0 N–H and O–H groups in total. The van der Waals surface area contributed by atoms with Gasteiger partial charge in [-0.25, -0.2) is 9.79 Å². The van der Waals surface area contributed by atoms with Crippen LogP contribution in [0.1, 0.15) is 50.4 Å². The van der Waals surface area contributed by atoms with Crippen LogP contribution in [0.3, 0.4) is 0 Å². The minimum absolute atomic E-state index is 0.179. The number of fused-ring (bicyclic) bond motifs is 1. The molecule has 1 atom stereocenters. The molecule has 228 valence electrons. The first-order valence-corrected chi connectivity index (χ1v) is 15.8. The SMILES string of the molecule is CCOc1ccc([C@@H]2C(C(=O)OC(C)C)=C(C)N=c3s/c(=C/c4cc(Cl)ccc4OCc4ccc(Cl)cc4Cl)c(=O)n32)cc1. The third-order valence-corrected chi connectivity index (χ3v) is 8.55. The maximum absolute atomic E-state index is 14.1. The maximum atomic E-state index is 14.1. The molecule has 0 bridgehead atoms. The van der Waals surface area contributed by atoms with E-state index in [-0.39, 0.29) is 18.3 Å². The summed E-state index contributed by atoms with van der Waals surface area (Å²) in [6.07, 6.45) is 1.37. The third-order valence-electron chi connectivity index (χ3n) is 6.75. The minimum Gasteiger partial charge on any atom is -0.494 e. The molecule has 0 amide bonds. The molecule has 0 spiro atoms. The Kier molecular flexibility index (Phi) is 9.85. The van der Waals surface area contributed by atoms with Gasteiger partial charge >= 0.3 is 5.97 Å². The zero-order valence-electron chi connectivity index (χ0n) is 24.4. The first-order chi connectivity index (χ1) is 21.0. The van der Waals surface area contributed by atoms with Gasteiger partial charge in [0, 0.05) is 26.2 Å². The van der Waals surface area contributed by atoms with E-state index in [1.165, 1.54) is 15.9 Å². The van der Waals surface area contributed by atoms with Crippen molar-refractivity contribution in [1.29, 1.82) is 0 Å². The van der Waals surface area contributed by atoms with Crippen LogP contribution in [0.2, 0.25) is 15.1 Å². The molecule has 1 aliphatic rings. The number of benzene rings is 3. The Hall–Kier alpha value is -3.56. The molecule has 4 aromatic rings. The smallest absolute Gasteiger partial charge is 0.338 e. The van der Waals surface area contributed by atoms with Gasteiger partial charge in [-0.15, -0.1) is 0 Å². The van der Waals surface area contributed by atoms with Gasteiger partial charge in [-0.1, -0.05) is 64.3 Å². The van der Waals surface area contributed by atoms with Gasteiger partial charge in [0.05, 0.1) is 34.6 Å². The number of carbonyl (C=O) groups is 1. The van der Waals surface area contributed by atoms with Crippen LogP contribution in [-0.4, -0.2) is 23.2 Å². The van der Waals surface area contributed by atoms with Crippen molar-refractivity contribution in [2.75, 3.05) is 6.61 Å². The molecule has 44 heavy (non-hydrogen) atoms. The third kappa shape index (κ3) is 6.89. The monoisotopic (exact) mass is 670 g/mol. The fraction of sp³-hybridized carbons (Fsp3) is 0.242. The van der Waals surface area contributed by atoms with Crippen molar-refractivity contribution in [3.05, 3.63) is 123 Å². The normalized spacial score (nSPS) is 14.8. The number of aromatic nitrogens is 1. The number of esters is 1. The van der Waals surface area contributed by atoms with E-state index < -0.39 is 12.0 Å². The molecule has 1 aliphatic heterocycles. The molecule has 5 rings (SSSR count). The summed E-state index contributed by atoms with van der Waals surface area (Å²) in [6.45, 7) is 7.91. The van der Waals surface area contributed by atoms with E-state index in [0.29, 0.717) is 59.3 Å². The Labute approximate surface area is 273 Å². The van der Waals surface area contributed by atoms with E-state index in [1.807, 2.05) is 31.2 Å². The molecular formula is C33H29Cl3N2O5S. The summed E-state index contributed by atoms with van der Waals surface area (Å²) >= 11 is 19.9. The van der Waals surface area contributed by atoms with E-state index in [0.717, 1.165) is 11.1 Å². The largest absolute Gasteiger partial charge is 0.494 e. The second-order valence-corrected chi connectivity index (χ2v) is 12.5. The van der Waals surface area contributed by atoms with Crippen molar-refractivity contribution in [3.63, 3.8) is 0 Å². The summed E-state index contributed by atoms with van der Waals surface area (Å²) in [5, 5.41) is 1.49. The highest BCUT2D eigenvalue weighted by molar-refractivity contribution is 7.07. The molecule has 1 aromatic heterocycles. The fourth-order valence-electron chi connectivity index (χ4n) is 4.79. The Balaban J connectivity index is 1.60. The van der Waals surface area contributed by atoms with Gasteiger partial charge in [0.2, 0.25) is 0 Å². The summed E-state index contributed by atoms with van der Waals surface area (Å²) in [5.74, 6) is 0.663. The average Bonchev–Trinajstić information content (AvgIpc) is 3.26. The van der Waals surface area contributed by atoms with Gasteiger partial charge in [-0.2, -0.15) is 0 Å². The zero-order chi connectivity index (χ0) is 31.5. The van der Waals surface area contributed by atoms with Crippen LogP contribution in [-0.2, 0) is 16.1 Å². The quantitative estimate of drug-likeness (QED) is 0.177. The van der Waals surface area contributed by atoms with Gasteiger partial charge in [0.15, 0.2) is 4.80 Å². The summed E-state index contributed by atoms with van der Waals surface area (Å²) in [5.41, 5.74) is 2.53. The lowest BCUT2D eigenvalue weighted by atomic mass is 9.96. The Morgan fingerprint density at radius 3 is 2.41 bits per heavy atom. The van der Waals surface area contributed by atoms with Crippen LogP contribution >= 0.6 is 46.1 Å². The standard InChI is InChI=1S/C33H29Cl3N2O5S/c1-5-41-25-11-7-20(8-12-25)30-29(32(40)43-18(2)3)19(4)37-33-38(30)31(39)28(44-33)15-22-14-23(34)10-13-27(22)42-17-21-6-9-24(35)16-26(21)36/h6-16,18,30H,5,17H2,1-4H3/b28-15+/t30-/m1/s1. The second-order valence-electron chi connectivity index (χ2n) is 10.2. The number of halogens is 3. The minimum atomic E-state index is -0.752. The molecule has 0 fully saturated rings. The van der Waals surface area contributed by atoms with Crippen LogP contribution in [0.4, 0.5) is 0 Å². The molecule has 0 unspecified atom stereocenters. The van der Waals surface area contributed by atoms with Crippen molar-refractivity contribution in [3.8, 4) is 11.5 Å². The first kappa shape index (κ1) is 31.9. The molecule has 0 saturated heterocycles. The van der Waals surface area contributed by atoms with Crippen molar-refractivity contribution in [2.45, 2.75) is 46.4 Å². The lowest BCUT2D eigenvalue weighted by molar-refractivity contribution is -0.143. The number of allylic oxidation sites excluding steroid dienone is 1. The van der Waals surface area contributed by atoms with Crippen molar-refractivity contribution >= 4 is 58.2 Å². The molecular weight excluding hydrogens is 643 g/mol. The summed E-state index contributed by atoms with van der Waals surface area (Å²) < 4.78 is 19.2. The van der Waals surface area contributed by atoms with E-state index in [4.69, 9.17) is 49.0 Å². The number of nitrogens with zero attached hydrogens (tertiary/aromatic N) is 2. The predicted octanol–water partition coefficient (Wildman–Crippen LogP) is 7.12. The van der Waals surface area contributed by atoms with Crippen LogP contribution in [0, 0.1) is 0 Å². The number of hydrogen-bond donors (Lipinski definition) is 0. The van der Waals surface area contributed by atoms with E-state index in [2.05, 4.69) is 4.99 Å². The van der Waals surface area contributed by atoms with Crippen LogP contribution < -0.4 is 24.4 Å². The van der Waals surface area contributed by atoms with Gasteiger partial charge in [-0.05, 0) is 81.8 Å². The number of hydrogen-bond acceptors (Lipinski definition) is 7. The maximum Gasteiger partial charge on any atom is 0.338 e. The summed E-state index contributed by atoms with van der Waals surface area (Å²) in [4.78, 5) is 32.6. The molecule has 0 radical (unpaired) electrons.